The summed E-state index contributed by atoms with van der Waals surface area (Å²) in [7, 11) is 0. The Labute approximate surface area is 210 Å². The van der Waals surface area contributed by atoms with Gasteiger partial charge in [-0.1, -0.05) is 62.4 Å². The summed E-state index contributed by atoms with van der Waals surface area (Å²) >= 11 is 0. The van der Waals surface area contributed by atoms with Gasteiger partial charge >= 0.3 is 0 Å². The second-order valence-electron chi connectivity index (χ2n) is 10.3. The molecule has 2 aromatic carbocycles. The lowest BCUT2D eigenvalue weighted by Gasteiger charge is -2.37. The van der Waals surface area contributed by atoms with Gasteiger partial charge in [-0.2, -0.15) is 5.10 Å². The third-order valence-electron chi connectivity index (χ3n) is 7.63. The van der Waals surface area contributed by atoms with Crippen molar-refractivity contribution >= 4 is 34.3 Å². The lowest BCUT2D eigenvalue weighted by atomic mass is 9.73. The molecule has 0 radical (unpaired) electrons. The van der Waals surface area contributed by atoms with Crippen LogP contribution in [0, 0.1) is 17.3 Å². The summed E-state index contributed by atoms with van der Waals surface area (Å²) in [5.74, 6) is -1.88. The van der Waals surface area contributed by atoms with Gasteiger partial charge in [0.25, 0.3) is 5.91 Å². The molecule has 1 saturated heterocycles. The molecule has 3 heterocycles. The fraction of sp³-hybridized carbons (Fsp3) is 0.357. The van der Waals surface area contributed by atoms with Crippen LogP contribution in [0.15, 0.2) is 65.9 Å². The molecule has 3 aromatic rings. The molecule has 1 fully saturated rings. The van der Waals surface area contributed by atoms with Crippen molar-refractivity contribution in [1.29, 1.82) is 0 Å². The topological polar surface area (TPSA) is 112 Å². The molecular weight excluding hydrogens is 454 g/mol. The van der Waals surface area contributed by atoms with Gasteiger partial charge in [-0.15, -0.1) is 0 Å². The van der Waals surface area contributed by atoms with Crippen LogP contribution in [0.4, 0.5) is 0 Å². The second kappa shape index (κ2) is 9.26. The number of fused-ring (bicyclic) bond motifs is 2. The van der Waals surface area contributed by atoms with E-state index in [1.54, 1.807) is 18.7 Å². The van der Waals surface area contributed by atoms with E-state index in [-0.39, 0.29) is 18.4 Å². The largest absolute Gasteiger partial charge is 0.369 e. The number of nitrogens with one attached hydrogen (secondary N) is 1. The molecule has 2 aliphatic heterocycles. The molecular formula is C28H31N5O3. The normalized spacial score (nSPS) is 18.8. The summed E-state index contributed by atoms with van der Waals surface area (Å²) in [6.45, 7) is 4.59. The summed E-state index contributed by atoms with van der Waals surface area (Å²) in [5, 5.41) is 7.11. The summed E-state index contributed by atoms with van der Waals surface area (Å²) in [6.07, 6.45) is 2.80. The number of hydrogen-bond acceptors (Lipinski definition) is 4. The number of primary amides is 1. The van der Waals surface area contributed by atoms with Crippen LogP contribution >= 0.6 is 0 Å². The summed E-state index contributed by atoms with van der Waals surface area (Å²) < 4.78 is 0. The SMILES string of the molecule is CC(C)(C(N)=O)[C@@H](Cc1c[nH]c2ccccc12)C(=O)N1CCC2=NN(Cc3ccccc3)C(=O)C2C1. The Morgan fingerprint density at radius 1 is 1.14 bits per heavy atom. The molecule has 0 aliphatic carbocycles. The molecule has 186 valence electrons. The lowest BCUT2D eigenvalue weighted by Crippen LogP contribution is -2.53. The first-order valence-electron chi connectivity index (χ1n) is 12.3. The van der Waals surface area contributed by atoms with Gasteiger partial charge in [0.2, 0.25) is 11.8 Å². The summed E-state index contributed by atoms with van der Waals surface area (Å²) in [4.78, 5) is 44.5. The van der Waals surface area contributed by atoms with Gasteiger partial charge in [0.05, 0.1) is 29.5 Å². The predicted molar refractivity (Wildman–Crippen MR) is 138 cm³/mol. The van der Waals surface area contributed by atoms with E-state index in [0.29, 0.717) is 25.9 Å². The third-order valence-corrected chi connectivity index (χ3v) is 7.63. The fourth-order valence-electron chi connectivity index (χ4n) is 5.20. The fourth-order valence-corrected chi connectivity index (χ4v) is 5.20. The second-order valence-corrected chi connectivity index (χ2v) is 10.3. The van der Waals surface area contributed by atoms with Crippen LogP contribution in [0.5, 0.6) is 0 Å². The minimum Gasteiger partial charge on any atom is -0.369 e. The number of aromatic amines is 1. The van der Waals surface area contributed by atoms with E-state index >= 15 is 0 Å². The van der Waals surface area contributed by atoms with Crippen LogP contribution in [-0.4, -0.2) is 51.4 Å². The average molecular weight is 486 g/mol. The van der Waals surface area contributed by atoms with Gasteiger partial charge in [-0.3, -0.25) is 14.4 Å². The number of aromatic nitrogens is 1. The number of carbonyl (C=O) groups is 3. The smallest absolute Gasteiger partial charge is 0.253 e. The van der Waals surface area contributed by atoms with E-state index in [1.165, 1.54) is 5.01 Å². The number of H-pyrrole nitrogens is 1. The minimum absolute atomic E-state index is 0.0892. The van der Waals surface area contributed by atoms with Gasteiger partial charge < -0.3 is 15.6 Å². The van der Waals surface area contributed by atoms with E-state index in [2.05, 4.69) is 10.1 Å². The number of nitrogens with two attached hydrogens (primary N) is 1. The molecule has 1 aromatic heterocycles. The van der Waals surface area contributed by atoms with E-state index in [4.69, 9.17) is 5.73 Å². The number of para-hydroxylation sites is 1. The van der Waals surface area contributed by atoms with Crippen LogP contribution in [-0.2, 0) is 27.3 Å². The maximum atomic E-state index is 13.9. The molecule has 3 amide bonds. The Balaban J connectivity index is 1.36. The van der Waals surface area contributed by atoms with Crippen molar-refractivity contribution in [3.8, 4) is 0 Å². The Bertz CT molecular complexity index is 1340. The first kappa shape index (κ1) is 23.8. The number of hydrazone groups is 1. The minimum atomic E-state index is -1.07. The number of rotatable bonds is 7. The Morgan fingerprint density at radius 3 is 2.61 bits per heavy atom. The van der Waals surface area contributed by atoms with E-state index in [1.807, 2.05) is 60.8 Å². The molecule has 2 atom stereocenters. The van der Waals surface area contributed by atoms with E-state index in [9.17, 15) is 14.4 Å². The zero-order valence-corrected chi connectivity index (χ0v) is 20.6. The number of amides is 3. The molecule has 8 nitrogen and oxygen atoms in total. The van der Waals surface area contributed by atoms with Crippen molar-refractivity contribution in [2.24, 2.45) is 28.1 Å². The summed E-state index contributed by atoms with van der Waals surface area (Å²) in [6, 6.07) is 17.6. The van der Waals surface area contributed by atoms with Gasteiger partial charge in [0.15, 0.2) is 0 Å². The molecule has 5 rings (SSSR count). The number of piperidine rings is 1. The highest BCUT2D eigenvalue weighted by molar-refractivity contribution is 6.09. The highest BCUT2D eigenvalue weighted by Crippen LogP contribution is 2.35. The standard InChI is InChI=1S/C28H31N5O3/c1-28(2,27(29)36)22(14-19-15-30-23-11-7-6-10-20(19)23)26(35)32-13-12-24-21(17-32)25(34)33(31-24)16-18-8-4-3-5-9-18/h3-11,15,21-22,30H,12-14,16-17H2,1-2H3,(H2,29,36)/t21?,22-/m0/s1. The summed E-state index contributed by atoms with van der Waals surface area (Å²) in [5.41, 5.74) is 8.48. The van der Waals surface area contributed by atoms with Crippen molar-refractivity contribution in [1.82, 2.24) is 14.9 Å². The average Bonchev–Trinajstić information content (AvgIpc) is 3.43. The van der Waals surface area contributed by atoms with Crippen LogP contribution < -0.4 is 5.73 Å². The van der Waals surface area contributed by atoms with Gasteiger partial charge in [-0.05, 0) is 23.6 Å². The monoisotopic (exact) mass is 485 g/mol. The Kier molecular flexibility index (Phi) is 6.12. The highest BCUT2D eigenvalue weighted by atomic mass is 16.2. The maximum absolute atomic E-state index is 13.9. The molecule has 0 saturated carbocycles. The highest BCUT2D eigenvalue weighted by Gasteiger charge is 2.46. The maximum Gasteiger partial charge on any atom is 0.253 e. The Morgan fingerprint density at radius 2 is 1.86 bits per heavy atom. The third kappa shape index (κ3) is 4.27. The van der Waals surface area contributed by atoms with Gasteiger partial charge in [0.1, 0.15) is 0 Å². The van der Waals surface area contributed by atoms with Gasteiger partial charge in [0, 0.05) is 36.6 Å². The molecule has 0 spiro atoms. The molecule has 36 heavy (non-hydrogen) atoms. The number of benzene rings is 2. The molecule has 2 aliphatic rings. The van der Waals surface area contributed by atoms with Gasteiger partial charge in [-0.25, -0.2) is 5.01 Å². The lowest BCUT2D eigenvalue weighted by molar-refractivity contribution is -0.146. The van der Waals surface area contributed by atoms with Crippen LogP contribution in [0.25, 0.3) is 10.9 Å². The first-order chi connectivity index (χ1) is 17.3. The number of likely N-dealkylation sites (tertiary alicyclic amines) is 1. The van der Waals surface area contributed by atoms with Crippen molar-refractivity contribution in [3.63, 3.8) is 0 Å². The van der Waals surface area contributed by atoms with E-state index in [0.717, 1.165) is 27.7 Å². The number of hydrogen-bond donors (Lipinski definition) is 2. The van der Waals surface area contributed by atoms with Crippen molar-refractivity contribution in [2.45, 2.75) is 33.2 Å². The zero-order valence-electron chi connectivity index (χ0n) is 20.6. The van der Waals surface area contributed by atoms with Crippen molar-refractivity contribution in [2.75, 3.05) is 13.1 Å². The van der Waals surface area contributed by atoms with Crippen LogP contribution in [0.3, 0.4) is 0 Å². The van der Waals surface area contributed by atoms with Crippen LogP contribution in [0.2, 0.25) is 0 Å². The Hall–Kier alpha value is -3.94. The predicted octanol–water partition coefficient (Wildman–Crippen LogP) is 3.09. The van der Waals surface area contributed by atoms with E-state index < -0.39 is 23.2 Å². The molecule has 3 N–H and O–H groups in total. The first-order valence-corrected chi connectivity index (χ1v) is 12.3. The number of carbonyl (C=O) groups excluding carboxylic acids is 3. The molecule has 1 unspecified atom stereocenters. The van der Waals surface area contributed by atoms with Crippen LogP contribution in [0.1, 0.15) is 31.4 Å². The molecule has 0 bridgehead atoms. The van der Waals surface area contributed by atoms with Crippen molar-refractivity contribution in [3.05, 3.63) is 71.9 Å². The van der Waals surface area contributed by atoms with Crippen molar-refractivity contribution < 1.29 is 14.4 Å². The molecule has 8 heteroatoms. The number of nitrogens with zero attached hydrogens (tertiary/aromatic N) is 3. The quantitative estimate of drug-likeness (QED) is 0.536. The zero-order chi connectivity index (χ0) is 25.4.